The van der Waals surface area contributed by atoms with Gasteiger partial charge in [0, 0.05) is 25.5 Å². The Kier molecular flexibility index (Phi) is 3.85. The van der Waals surface area contributed by atoms with E-state index in [-0.39, 0.29) is 0 Å². The van der Waals surface area contributed by atoms with Crippen molar-refractivity contribution < 1.29 is 4.74 Å². The molecule has 0 aliphatic carbocycles. The Bertz CT molecular complexity index is 370. The van der Waals surface area contributed by atoms with Crippen molar-refractivity contribution >= 4 is 11.3 Å². The second kappa shape index (κ2) is 5.04. The zero-order chi connectivity index (χ0) is 12.5. The van der Waals surface area contributed by atoms with E-state index in [1.165, 1.54) is 10.7 Å². The lowest BCUT2D eigenvalue weighted by atomic mass is 9.93. The Morgan fingerprint density at radius 3 is 2.88 bits per heavy atom. The van der Waals surface area contributed by atoms with E-state index in [0.29, 0.717) is 17.6 Å². The molecule has 3 nitrogen and oxygen atoms in total. The molecule has 2 rings (SSSR count). The van der Waals surface area contributed by atoms with Gasteiger partial charge in [0.1, 0.15) is 0 Å². The van der Waals surface area contributed by atoms with E-state index < -0.39 is 0 Å². The highest BCUT2D eigenvalue weighted by Gasteiger charge is 2.27. The molecule has 0 bridgehead atoms. The highest BCUT2D eigenvalue weighted by atomic mass is 32.1. The minimum Gasteiger partial charge on any atom is -0.380 e. The third kappa shape index (κ3) is 3.50. The smallest absolute Gasteiger partial charge is 0.0934 e. The first-order valence-corrected chi connectivity index (χ1v) is 7.06. The fourth-order valence-corrected chi connectivity index (χ4v) is 3.28. The van der Waals surface area contributed by atoms with Crippen LogP contribution < -0.4 is 5.32 Å². The average molecular weight is 254 g/mol. The van der Waals surface area contributed by atoms with E-state index >= 15 is 0 Å². The summed E-state index contributed by atoms with van der Waals surface area (Å²) in [7, 11) is 1.78. The van der Waals surface area contributed by atoms with Gasteiger partial charge in [-0.05, 0) is 11.8 Å². The molecule has 1 N–H and O–H groups in total. The van der Waals surface area contributed by atoms with Crippen LogP contribution in [0.3, 0.4) is 0 Å². The van der Waals surface area contributed by atoms with Crippen molar-refractivity contribution in [3.8, 4) is 0 Å². The summed E-state index contributed by atoms with van der Waals surface area (Å²) in [6.45, 7) is 7.70. The van der Waals surface area contributed by atoms with Crippen LogP contribution in [0.25, 0.3) is 0 Å². The molecule has 4 heteroatoms. The van der Waals surface area contributed by atoms with Gasteiger partial charge in [0.05, 0.1) is 22.8 Å². The highest BCUT2D eigenvalue weighted by molar-refractivity contribution is 7.09. The lowest BCUT2D eigenvalue weighted by Gasteiger charge is -2.15. The van der Waals surface area contributed by atoms with Gasteiger partial charge in [0.15, 0.2) is 0 Å². The molecular weight excluding hydrogens is 232 g/mol. The topological polar surface area (TPSA) is 34.1 Å². The van der Waals surface area contributed by atoms with E-state index in [1.807, 2.05) is 0 Å². The monoisotopic (exact) mass is 254 g/mol. The van der Waals surface area contributed by atoms with Crippen LogP contribution in [0, 0.1) is 5.41 Å². The SMILES string of the molecule is COC1CNC(c2csc(CC(C)(C)C)n2)C1. The van der Waals surface area contributed by atoms with Crippen molar-refractivity contribution in [2.24, 2.45) is 5.41 Å². The van der Waals surface area contributed by atoms with Crippen molar-refractivity contribution in [2.45, 2.75) is 45.8 Å². The molecule has 1 aliphatic rings. The molecule has 0 saturated carbocycles. The summed E-state index contributed by atoms with van der Waals surface area (Å²) in [6, 6.07) is 0.380. The second-order valence-electron chi connectivity index (χ2n) is 5.96. The van der Waals surface area contributed by atoms with Gasteiger partial charge in [-0.1, -0.05) is 20.8 Å². The predicted octanol–water partition coefficient (Wildman–Crippen LogP) is 2.78. The molecule has 1 fully saturated rings. The fraction of sp³-hybridized carbons (Fsp3) is 0.769. The van der Waals surface area contributed by atoms with Crippen molar-refractivity contribution in [1.82, 2.24) is 10.3 Å². The first-order valence-electron chi connectivity index (χ1n) is 6.18. The Hall–Kier alpha value is -0.450. The van der Waals surface area contributed by atoms with Crippen molar-refractivity contribution in [1.29, 1.82) is 0 Å². The molecular formula is C13H22N2OS. The summed E-state index contributed by atoms with van der Waals surface area (Å²) in [4.78, 5) is 4.75. The average Bonchev–Trinajstić information content (AvgIpc) is 2.82. The van der Waals surface area contributed by atoms with Crippen molar-refractivity contribution in [3.05, 3.63) is 16.1 Å². The van der Waals surface area contributed by atoms with Crippen LogP contribution in [0.2, 0.25) is 0 Å². The van der Waals surface area contributed by atoms with E-state index in [2.05, 4.69) is 31.5 Å². The fourth-order valence-electron chi connectivity index (χ4n) is 2.13. The van der Waals surface area contributed by atoms with E-state index in [9.17, 15) is 0 Å². The van der Waals surface area contributed by atoms with Crippen LogP contribution in [0.5, 0.6) is 0 Å². The largest absolute Gasteiger partial charge is 0.380 e. The number of hydrogen-bond donors (Lipinski definition) is 1. The maximum Gasteiger partial charge on any atom is 0.0934 e. The zero-order valence-electron chi connectivity index (χ0n) is 11.1. The Labute approximate surface area is 108 Å². The van der Waals surface area contributed by atoms with Crippen LogP contribution in [-0.4, -0.2) is 24.7 Å². The van der Waals surface area contributed by atoms with Crippen LogP contribution in [0.15, 0.2) is 5.38 Å². The number of ether oxygens (including phenoxy) is 1. The lowest BCUT2D eigenvalue weighted by Crippen LogP contribution is -2.16. The summed E-state index contributed by atoms with van der Waals surface area (Å²) in [5.74, 6) is 0. The molecule has 2 unspecified atom stereocenters. The van der Waals surface area contributed by atoms with E-state index in [0.717, 1.165) is 19.4 Å². The van der Waals surface area contributed by atoms with Crippen LogP contribution in [0.1, 0.15) is 43.9 Å². The number of aromatic nitrogens is 1. The number of hydrogen-bond acceptors (Lipinski definition) is 4. The molecule has 0 radical (unpaired) electrons. The van der Waals surface area contributed by atoms with Gasteiger partial charge < -0.3 is 10.1 Å². The first-order chi connectivity index (χ1) is 7.98. The van der Waals surface area contributed by atoms with Gasteiger partial charge in [-0.2, -0.15) is 0 Å². The molecule has 1 aromatic heterocycles. The number of nitrogens with one attached hydrogen (secondary N) is 1. The Balaban J connectivity index is 1.99. The molecule has 0 aromatic carbocycles. The van der Waals surface area contributed by atoms with Gasteiger partial charge in [-0.15, -0.1) is 11.3 Å². The van der Waals surface area contributed by atoms with Crippen molar-refractivity contribution in [3.63, 3.8) is 0 Å². The van der Waals surface area contributed by atoms with Crippen LogP contribution in [-0.2, 0) is 11.2 Å². The number of thiazole rings is 1. The molecule has 0 spiro atoms. The van der Waals surface area contributed by atoms with Crippen LogP contribution in [0.4, 0.5) is 0 Å². The van der Waals surface area contributed by atoms with Gasteiger partial charge in [-0.3, -0.25) is 0 Å². The highest BCUT2D eigenvalue weighted by Crippen LogP contribution is 2.28. The summed E-state index contributed by atoms with van der Waals surface area (Å²) in [6.07, 6.45) is 2.43. The molecule has 1 aromatic rings. The second-order valence-corrected chi connectivity index (χ2v) is 6.90. The third-order valence-electron chi connectivity index (χ3n) is 3.03. The summed E-state index contributed by atoms with van der Waals surface area (Å²) in [5, 5.41) is 6.91. The van der Waals surface area contributed by atoms with E-state index in [4.69, 9.17) is 9.72 Å². The molecule has 1 aliphatic heterocycles. The summed E-state index contributed by atoms with van der Waals surface area (Å²) in [5.41, 5.74) is 1.50. The van der Waals surface area contributed by atoms with Gasteiger partial charge in [0.25, 0.3) is 0 Å². The number of methoxy groups -OCH3 is 1. The van der Waals surface area contributed by atoms with Gasteiger partial charge >= 0.3 is 0 Å². The minimum absolute atomic E-state index is 0.313. The Morgan fingerprint density at radius 2 is 2.29 bits per heavy atom. The van der Waals surface area contributed by atoms with E-state index in [1.54, 1.807) is 18.4 Å². The minimum atomic E-state index is 0.313. The number of nitrogens with zero attached hydrogens (tertiary/aromatic N) is 1. The van der Waals surface area contributed by atoms with Crippen molar-refractivity contribution in [2.75, 3.05) is 13.7 Å². The maximum absolute atomic E-state index is 5.36. The third-order valence-corrected chi connectivity index (χ3v) is 3.90. The van der Waals surface area contributed by atoms with Gasteiger partial charge in [0.2, 0.25) is 0 Å². The summed E-state index contributed by atoms with van der Waals surface area (Å²) >= 11 is 1.78. The molecule has 17 heavy (non-hydrogen) atoms. The summed E-state index contributed by atoms with van der Waals surface area (Å²) < 4.78 is 5.36. The lowest BCUT2D eigenvalue weighted by molar-refractivity contribution is 0.117. The number of rotatable bonds is 3. The first kappa shape index (κ1) is 13.0. The quantitative estimate of drug-likeness (QED) is 0.900. The standard InChI is InChI=1S/C13H22N2OS/c1-13(2,3)6-12-15-11(8-17-12)10-5-9(16-4)7-14-10/h8-10,14H,5-7H2,1-4H3. The molecule has 0 amide bonds. The normalized spacial score (nSPS) is 25.4. The zero-order valence-corrected chi connectivity index (χ0v) is 11.9. The van der Waals surface area contributed by atoms with Gasteiger partial charge in [-0.25, -0.2) is 4.98 Å². The molecule has 96 valence electrons. The molecule has 2 atom stereocenters. The predicted molar refractivity (Wildman–Crippen MR) is 71.4 cm³/mol. The molecule has 2 heterocycles. The maximum atomic E-state index is 5.36. The van der Waals surface area contributed by atoms with Crippen LogP contribution >= 0.6 is 11.3 Å². The Morgan fingerprint density at radius 1 is 1.53 bits per heavy atom. The molecule has 1 saturated heterocycles.